The van der Waals surface area contributed by atoms with Gasteiger partial charge in [-0.25, -0.2) is 13.1 Å². The number of nitrogens with one attached hydrogen (secondary N) is 1. The van der Waals surface area contributed by atoms with Crippen molar-refractivity contribution in [3.8, 4) is 11.5 Å². The topological polar surface area (TPSA) is 64.6 Å². The van der Waals surface area contributed by atoms with Gasteiger partial charge in [0.15, 0.2) is 0 Å². The third-order valence-electron chi connectivity index (χ3n) is 4.04. The summed E-state index contributed by atoms with van der Waals surface area (Å²) >= 11 is 0. The molecule has 0 fully saturated rings. The quantitative estimate of drug-likeness (QED) is 0.595. The zero-order valence-corrected chi connectivity index (χ0v) is 17.6. The maximum absolute atomic E-state index is 11.3. The third-order valence-corrected chi connectivity index (χ3v) is 4.82. The largest absolute Gasteiger partial charge is 0.497 e. The number of hydrogen-bond acceptors (Lipinski definition) is 4. The maximum atomic E-state index is 11.3. The molecule has 0 spiro atoms. The van der Waals surface area contributed by atoms with Crippen molar-refractivity contribution >= 4 is 22.4 Å². The molecule has 5 nitrogen and oxygen atoms in total. The van der Waals surface area contributed by atoms with Crippen LogP contribution in [0.5, 0.6) is 11.5 Å². The van der Waals surface area contributed by atoms with Crippen molar-refractivity contribution in [3.63, 3.8) is 0 Å². The Balaban J connectivity index is 0.00000364. The summed E-state index contributed by atoms with van der Waals surface area (Å²) in [4.78, 5) is 0. The Labute approximate surface area is 168 Å². The van der Waals surface area contributed by atoms with Gasteiger partial charge in [-0.15, -0.1) is 12.4 Å². The molecule has 0 aromatic heterocycles. The van der Waals surface area contributed by atoms with E-state index in [-0.39, 0.29) is 18.4 Å². The lowest BCUT2D eigenvalue weighted by Gasteiger charge is -2.13. The Morgan fingerprint density at radius 1 is 1.04 bits per heavy atom. The molecule has 0 bridgehead atoms. The minimum atomic E-state index is -3.20. The SMILES string of the molecule is COc1cccc(OCCCCc2ccc([C@@H](C)NS(C)(=O)=O)cc2)c1.Cl. The van der Waals surface area contributed by atoms with Crippen LogP contribution < -0.4 is 14.2 Å². The predicted molar refractivity (Wildman–Crippen MR) is 112 cm³/mol. The number of methoxy groups -OCH3 is 1. The van der Waals surface area contributed by atoms with Crippen LogP contribution in [0.25, 0.3) is 0 Å². The first-order valence-electron chi connectivity index (χ1n) is 8.70. The van der Waals surface area contributed by atoms with E-state index < -0.39 is 10.0 Å². The van der Waals surface area contributed by atoms with Gasteiger partial charge in [0.05, 0.1) is 20.0 Å². The smallest absolute Gasteiger partial charge is 0.209 e. The highest BCUT2D eigenvalue weighted by molar-refractivity contribution is 7.88. The Kier molecular flexibility index (Phi) is 9.63. The van der Waals surface area contributed by atoms with Crippen LogP contribution in [0.3, 0.4) is 0 Å². The Morgan fingerprint density at radius 2 is 1.70 bits per heavy atom. The van der Waals surface area contributed by atoms with Gasteiger partial charge in [0.1, 0.15) is 11.5 Å². The predicted octanol–water partition coefficient (Wildman–Crippen LogP) is 4.13. The van der Waals surface area contributed by atoms with Crippen LogP contribution in [0.2, 0.25) is 0 Å². The van der Waals surface area contributed by atoms with E-state index in [1.54, 1.807) is 7.11 Å². The summed E-state index contributed by atoms with van der Waals surface area (Å²) in [5.41, 5.74) is 2.20. The van der Waals surface area contributed by atoms with E-state index in [0.717, 1.165) is 36.3 Å². The Bertz CT molecular complexity index is 794. The van der Waals surface area contributed by atoms with Crippen molar-refractivity contribution in [1.82, 2.24) is 4.72 Å². The second-order valence-corrected chi connectivity index (χ2v) is 8.12. The first-order valence-corrected chi connectivity index (χ1v) is 10.6. The molecular weight excluding hydrogens is 386 g/mol. The number of unbranched alkanes of at least 4 members (excludes halogenated alkanes) is 1. The second-order valence-electron chi connectivity index (χ2n) is 6.34. The van der Waals surface area contributed by atoms with E-state index in [1.807, 2.05) is 43.3 Å². The molecule has 7 heteroatoms. The van der Waals surface area contributed by atoms with Crippen molar-refractivity contribution in [2.75, 3.05) is 20.0 Å². The van der Waals surface area contributed by atoms with Crippen molar-refractivity contribution < 1.29 is 17.9 Å². The molecule has 0 heterocycles. The summed E-state index contributed by atoms with van der Waals surface area (Å²) in [6.07, 6.45) is 4.13. The first-order chi connectivity index (χ1) is 12.4. The van der Waals surface area contributed by atoms with E-state index in [2.05, 4.69) is 16.9 Å². The van der Waals surface area contributed by atoms with Gasteiger partial charge < -0.3 is 9.47 Å². The van der Waals surface area contributed by atoms with Crippen LogP contribution in [-0.4, -0.2) is 28.4 Å². The fraction of sp³-hybridized carbons (Fsp3) is 0.400. The lowest BCUT2D eigenvalue weighted by molar-refractivity contribution is 0.304. The monoisotopic (exact) mass is 413 g/mol. The lowest BCUT2D eigenvalue weighted by atomic mass is 10.0. The summed E-state index contributed by atoms with van der Waals surface area (Å²) in [6, 6.07) is 15.4. The molecule has 2 rings (SSSR count). The van der Waals surface area contributed by atoms with Gasteiger partial charge in [-0.1, -0.05) is 30.3 Å². The highest BCUT2D eigenvalue weighted by Gasteiger charge is 2.10. The standard InChI is InChI=1S/C20H27NO4S.ClH/c1-16(21-26(3,22)23)18-12-10-17(11-13-18)7-4-5-14-25-20-9-6-8-19(15-20)24-2;/h6,8-13,15-16,21H,4-5,7,14H2,1-3H3;1H/t16-;/m1./s1. The molecule has 0 saturated carbocycles. The van der Waals surface area contributed by atoms with Gasteiger partial charge in [-0.2, -0.15) is 0 Å². The molecule has 150 valence electrons. The molecule has 1 atom stereocenters. The van der Waals surface area contributed by atoms with Crippen molar-refractivity contribution in [2.24, 2.45) is 0 Å². The zero-order chi connectivity index (χ0) is 19.0. The van der Waals surface area contributed by atoms with Gasteiger partial charge in [0.25, 0.3) is 0 Å². The molecule has 0 radical (unpaired) electrons. The van der Waals surface area contributed by atoms with Crippen molar-refractivity contribution in [3.05, 3.63) is 59.7 Å². The maximum Gasteiger partial charge on any atom is 0.209 e. The van der Waals surface area contributed by atoms with E-state index in [4.69, 9.17) is 9.47 Å². The lowest BCUT2D eigenvalue weighted by Crippen LogP contribution is -2.25. The Morgan fingerprint density at radius 3 is 2.33 bits per heavy atom. The van der Waals surface area contributed by atoms with Gasteiger partial charge in [0, 0.05) is 12.1 Å². The van der Waals surface area contributed by atoms with Gasteiger partial charge in [-0.3, -0.25) is 0 Å². The van der Waals surface area contributed by atoms with Crippen LogP contribution in [0, 0.1) is 0 Å². The number of aryl methyl sites for hydroxylation is 1. The number of ether oxygens (including phenoxy) is 2. The summed E-state index contributed by atoms with van der Waals surface area (Å²) in [5, 5.41) is 0. The number of benzene rings is 2. The first kappa shape index (κ1) is 23.3. The van der Waals surface area contributed by atoms with Crippen molar-refractivity contribution in [2.45, 2.75) is 32.2 Å². The number of hydrogen-bond donors (Lipinski definition) is 1. The third kappa shape index (κ3) is 8.65. The molecule has 2 aromatic rings. The highest BCUT2D eigenvalue weighted by atomic mass is 35.5. The summed E-state index contributed by atoms with van der Waals surface area (Å²) in [7, 11) is -1.56. The second kappa shape index (κ2) is 11.2. The number of sulfonamides is 1. The van der Waals surface area contributed by atoms with E-state index in [1.165, 1.54) is 11.8 Å². The summed E-state index contributed by atoms with van der Waals surface area (Å²) in [5.74, 6) is 1.61. The van der Waals surface area contributed by atoms with E-state index in [9.17, 15) is 8.42 Å². The van der Waals surface area contributed by atoms with Crippen LogP contribution in [0.4, 0.5) is 0 Å². The normalized spacial score (nSPS) is 12.1. The van der Waals surface area contributed by atoms with Gasteiger partial charge in [-0.05, 0) is 49.4 Å². The molecule has 0 saturated heterocycles. The molecule has 0 aliphatic heterocycles. The molecule has 0 unspecified atom stereocenters. The van der Waals surface area contributed by atoms with Crippen LogP contribution in [0.15, 0.2) is 48.5 Å². The molecule has 2 aromatic carbocycles. The van der Waals surface area contributed by atoms with Crippen molar-refractivity contribution in [1.29, 1.82) is 0 Å². The average Bonchev–Trinajstić information content (AvgIpc) is 2.60. The fourth-order valence-electron chi connectivity index (χ4n) is 2.67. The van der Waals surface area contributed by atoms with Crippen LogP contribution >= 0.6 is 12.4 Å². The molecule has 0 aliphatic carbocycles. The minimum Gasteiger partial charge on any atom is -0.497 e. The number of rotatable bonds is 10. The summed E-state index contributed by atoms with van der Waals surface area (Å²) < 4.78 is 36.1. The fourth-order valence-corrected chi connectivity index (χ4v) is 3.45. The molecule has 0 aliphatic rings. The van der Waals surface area contributed by atoms with E-state index in [0.29, 0.717) is 6.61 Å². The Hall–Kier alpha value is -1.76. The van der Waals surface area contributed by atoms with Gasteiger partial charge >= 0.3 is 0 Å². The summed E-state index contributed by atoms with van der Waals surface area (Å²) in [6.45, 7) is 2.51. The van der Waals surface area contributed by atoms with Crippen LogP contribution in [0.1, 0.15) is 36.9 Å². The molecule has 1 N–H and O–H groups in total. The molecule has 27 heavy (non-hydrogen) atoms. The van der Waals surface area contributed by atoms with E-state index >= 15 is 0 Å². The van der Waals surface area contributed by atoms with Gasteiger partial charge in [0.2, 0.25) is 10.0 Å². The van der Waals surface area contributed by atoms with Crippen LogP contribution in [-0.2, 0) is 16.4 Å². The minimum absolute atomic E-state index is 0. The molecular formula is C20H28ClNO4S. The number of halogens is 1. The highest BCUT2D eigenvalue weighted by Crippen LogP contribution is 2.19. The molecule has 0 amide bonds. The zero-order valence-electron chi connectivity index (χ0n) is 16.0. The average molecular weight is 414 g/mol.